The van der Waals surface area contributed by atoms with Crippen LogP contribution >= 0.6 is 11.8 Å². The molecule has 138 valence electrons. The number of carbonyl (C=O) groups is 2. The molecule has 1 saturated heterocycles. The van der Waals surface area contributed by atoms with Gasteiger partial charge in [-0.1, -0.05) is 12.1 Å². The molecular formula is C19H16N2O5S. The van der Waals surface area contributed by atoms with Crippen LogP contribution in [0.25, 0.3) is 6.08 Å². The van der Waals surface area contributed by atoms with Crippen LogP contribution in [0.15, 0.2) is 58.4 Å². The number of ether oxygens (including phenoxy) is 2. The molecule has 27 heavy (non-hydrogen) atoms. The molecule has 0 spiro atoms. The first-order chi connectivity index (χ1) is 13.0. The van der Waals surface area contributed by atoms with Crippen LogP contribution in [0.1, 0.15) is 5.56 Å². The molecule has 1 aliphatic heterocycles. The van der Waals surface area contributed by atoms with Crippen LogP contribution in [0.3, 0.4) is 0 Å². The van der Waals surface area contributed by atoms with Gasteiger partial charge in [0.05, 0.1) is 17.7 Å². The Bertz CT molecular complexity index is 922. The number of carboxylic acids is 1. The summed E-state index contributed by atoms with van der Waals surface area (Å²) in [6.45, 7) is -0.423. The smallest absolute Gasteiger partial charge is 0.341 e. The first-order valence-electron chi connectivity index (χ1n) is 7.92. The van der Waals surface area contributed by atoms with Crippen molar-refractivity contribution in [2.75, 3.05) is 13.7 Å². The fourth-order valence-electron chi connectivity index (χ4n) is 2.25. The van der Waals surface area contributed by atoms with Crippen molar-refractivity contribution in [1.82, 2.24) is 5.32 Å². The van der Waals surface area contributed by atoms with E-state index in [4.69, 9.17) is 14.6 Å². The maximum atomic E-state index is 12.2. The van der Waals surface area contributed by atoms with Crippen molar-refractivity contribution in [3.05, 3.63) is 59.0 Å². The molecule has 1 heterocycles. The molecule has 2 aromatic rings. The van der Waals surface area contributed by atoms with Gasteiger partial charge in [-0.25, -0.2) is 9.79 Å². The van der Waals surface area contributed by atoms with Crippen LogP contribution < -0.4 is 14.8 Å². The Morgan fingerprint density at radius 2 is 2.00 bits per heavy atom. The fourth-order valence-corrected chi connectivity index (χ4v) is 3.09. The number of thioether (sulfide) groups is 1. The minimum absolute atomic E-state index is 0.246. The van der Waals surface area contributed by atoms with Crippen LogP contribution in [0.5, 0.6) is 11.5 Å². The number of nitrogens with zero attached hydrogens (tertiary/aromatic N) is 1. The highest BCUT2D eigenvalue weighted by Crippen LogP contribution is 2.29. The lowest BCUT2D eigenvalue weighted by molar-refractivity contribution is -0.139. The average Bonchev–Trinajstić information content (AvgIpc) is 3.00. The minimum atomic E-state index is -1.05. The Kier molecular flexibility index (Phi) is 5.77. The Labute approximate surface area is 159 Å². The first kappa shape index (κ1) is 18.5. The zero-order valence-corrected chi connectivity index (χ0v) is 15.2. The highest BCUT2D eigenvalue weighted by atomic mass is 32.2. The summed E-state index contributed by atoms with van der Waals surface area (Å²) in [5.41, 5.74) is 1.42. The van der Waals surface area contributed by atoms with E-state index in [9.17, 15) is 9.59 Å². The normalized spacial score (nSPS) is 16.4. The number of amidine groups is 1. The summed E-state index contributed by atoms with van der Waals surface area (Å²) in [6, 6.07) is 14.0. The predicted molar refractivity (Wildman–Crippen MR) is 103 cm³/mol. The summed E-state index contributed by atoms with van der Waals surface area (Å²) >= 11 is 1.23. The molecule has 0 aliphatic carbocycles. The topological polar surface area (TPSA) is 97.2 Å². The van der Waals surface area contributed by atoms with Gasteiger partial charge in [0.25, 0.3) is 5.91 Å². The number of nitrogens with one attached hydrogen (secondary N) is 1. The highest BCUT2D eigenvalue weighted by Gasteiger charge is 2.23. The van der Waals surface area contributed by atoms with Gasteiger partial charge < -0.3 is 19.9 Å². The van der Waals surface area contributed by atoms with E-state index >= 15 is 0 Å². The summed E-state index contributed by atoms with van der Waals surface area (Å²) < 4.78 is 10.3. The lowest BCUT2D eigenvalue weighted by Crippen LogP contribution is -2.19. The molecule has 3 rings (SSSR count). The van der Waals surface area contributed by atoms with Gasteiger partial charge >= 0.3 is 5.97 Å². The summed E-state index contributed by atoms with van der Waals surface area (Å²) in [4.78, 5) is 27.6. The number of aliphatic carboxylic acids is 1. The van der Waals surface area contributed by atoms with Crippen LogP contribution in [0, 0.1) is 0 Å². The maximum Gasteiger partial charge on any atom is 0.341 e. The van der Waals surface area contributed by atoms with Gasteiger partial charge in [0.15, 0.2) is 11.8 Å². The van der Waals surface area contributed by atoms with Crippen LogP contribution in [0.4, 0.5) is 5.69 Å². The third-order valence-electron chi connectivity index (χ3n) is 3.47. The average molecular weight is 384 g/mol. The molecule has 0 unspecified atom stereocenters. The molecule has 0 radical (unpaired) electrons. The molecule has 0 aromatic heterocycles. The molecule has 2 N–H and O–H groups in total. The Balaban J connectivity index is 1.73. The van der Waals surface area contributed by atoms with E-state index in [2.05, 4.69) is 10.3 Å². The maximum absolute atomic E-state index is 12.2. The van der Waals surface area contributed by atoms with E-state index in [0.29, 0.717) is 21.5 Å². The Morgan fingerprint density at radius 1 is 1.22 bits per heavy atom. The second-order valence-electron chi connectivity index (χ2n) is 5.43. The molecular weight excluding hydrogens is 368 g/mol. The van der Waals surface area contributed by atoms with E-state index in [0.717, 1.165) is 11.3 Å². The molecule has 1 fully saturated rings. The molecule has 7 nitrogen and oxygen atoms in total. The summed E-state index contributed by atoms with van der Waals surface area (Å²) in [5, 5.41) is 11.9. The van der Waals surface area contributed by atoms with E-state index < -0.39 is 12.6 Å². The van der Waals surface area contributed by atoms with Gasteiger partial charge in [0.2, 0.25) is 0 Å². The van der Waals surface area contributed by atoms with E-state index in [1.165, 1.54) is 11.8 Å². The van der Waals surface area contributed by atoms with Gasteiger partial charge in [0, 0.05) is 0 Å². The lowest BCUT2D eigenvalue weighted by atomic mass is 10.2. The van der Waals surface area contributed by atoms with Gasteiger partial charge in [0.1, 0.15) is 11.5 Å². The number of carbonyl (C=O) groups excluding carboxylic acids is 1. The van der Waals surface area contributed by atoms with Gasteiger partial charge in [-0.05, 0) is 59.8 Å². The first-order valence-corrected chi connectivity index (χ1v) is 8.73. The number of amides is 1. The quantitative estimate of drug-likeness (QED) is 0.743. The van der Waals surface area contributed by atoms with E-state index in [1.54, 1.807) is 61.7 Å². The molecule has 8 heteroatoms. The predicted octanol–water partition coefficient (Wildman–Crippen LogP) is 3.05. The second-order valence-corrected chi connectivity index (χ2v) is 6.47. The fraction of sp³-hybridized carbons (Fsp3) is 0.105. The van der Waals surface area contributed by atoms with Crippen LogP contribution in [0.2, 0.25) is 0 Å². The molecule has 1 aliphatic rings. The Morgan fingerprint density at radius 3 is 2.70 bits per heavy atom. The second kappa shape index (κ2) is 8.41. The van der Waals surface area contributed by atoms with E-state index in [-0.39, 0.29) is 5.91 Å². The number of aliphatic imine (C=N–C) groups is 1. The summed E-state index contributed by atoms with van der Waals surface area (Å²) in [6.07, 6.45) is 1.70. The van der Waals surface area contributed by atoms with Gasteiger partial charge in [-0.15, -0.1) is 0 Å². The number of hydrogen-bond acceptors (Lipinski definition) is 6. The SMILES string of the molecule is COc1ccc(N=C2NC(=O)/C(=C\c3cccc(OCC(=O)O)c3)S2)cc1. The summed E-state index contributed by atoms with van der Waals surface area (Å²) in [5.74, 6) is -0.150. The third kappa shape index (κ3) is 5.11. The highest BCUT2D eigenvalue weighted by molar-refractivity contribution is 8.18. The number of methoxy groups -OCH3 is 1. The van der Waals surface area contributed by atoms with E-state index in [1.807, 2.05) is 0 Å². The van der Waals surface area contributed by atoms with Crippen molar-refractivity contribution in [2.45, 2.75) is 0 Å². The largest absolute Gasteiger partial charge is 0.497 e. The third-order valence-corrected chi connectivity index (χ3v) is 4.38. The number of hydrogen-bond donors (Lipinski definition) is 2. The Hall–Kier alpha value is -3.26. The van der Waals surface area contributed by atoms with Crippen molar-refractivity contribution >= 4 is 40.6 Å². The van der Waals surface area contributed by atoms with Crippen LogP contribution in [-0.4, -0.2) is 35.9 Å². The number of carboxylic acid groups (broad SMARTS) is 1. The van der Waals surface area contributed by atoms with Crippen LogP contribution in [-0.2, 0) is 9.59 Å². The zero-order valence-electron chi connectivity index (χ0n) is 14.3. The van der Waals surface area contributed by atoms with Gasteiger partial charge in [-0.3, -0.25) is 4.79 Å². The van der Waals surface area contributed by atoms with Crippen molar-refractivity contribution < 1.29 is 24.2 Å². The molecule has 2 aromatic carbocycles. The molecule has 0 atom stereocenters. The minimum Gasteiger partial charge on any atom is -0.497 e. The van der Waals surface area contributed by atoms with Crippen molar-refractivity contribution in [3.8, 4) is 11.5 Å². The number of rotatable bonds is 6. The zero-order chi connectivity index (χ0) is 19.2. The van der Waals surface area contributed by atoms with Crippen molar-refractivity contribution in [1.29, 1.82) is 0 Å². The van der Waals surface area contributed by atoms with Crippen molar-refractivity contribution in [3.63, 3.8) is 0 Å². The lowest BCUT2D eigenvalue weighted by Gasteiger charge is -2.03. The number of benzene rings is 2. The molecule has 0 saturated carbocycles. The van der Waals surface area contributed by atoms with Crippen molar-refractivity contribution in [2.24, 2.45) is 4.99 Å². The molecule has 1 amide bonds. The monoisotopic (exact) mass is 384 g/mol. The standard InChI is InChI=1S/C19H16N2O5S/c1-25-14-7-5-13(6-8-14)20-19-21-18(24)16(27-19)10-12-3-2-4-15(9-12)26-11-17(22)23/h2-10H,11H2,1H3,(H,22,23)(H,20,21,24)/b16-10+. The summed E-state index contributed by atoms with van der Waals surface area (Å²) in [7, 11) is 1.59. The molecule has 0 bridgehead atoms. The van der Waals surface area contributed by atoms with Gasteiger partial charge in [-0.2, -0.15) is 0 Å².